The molecule has 5 rings (SSSR count). The number of carbonyl (C=O) groups excluding carboxylic acids is 1. The monoisotopic (exact) mass is 498 g/mol. The van der Waals surface area contributed by atoms with Gasteiger partial charge in [-0.15, -0.1) is 0 Å². The Balaban J connectivity index is 1.57. The third-order valence-electron chi connectivity index (χ3n) is 6.69. The summed E-state index contributed by atoms with van der Waals surface area (Å²) in [5, 5.41) is 3.99. The standard InChI is InChI=1S/C29H26N2O4S/c1-4-31-25-17-15-22(36(33,34)21-13-9-6-10-14-21)19-24(25)29(2,3)26(31)18-16-23-27(30-35-28(23)32)20-11-7-5-8-12-20/h5-19H,4H2,1-3H3. The summed E-state index contributed by atoms with van der Waals surface area (Å²) in [6, 6.07) is 23.2. The summed E-state index contributed by atoms with van der Waals surface area (Å²) >= 11 is 0. The molecule has 0 fully saturated rings. The smallest absolute Gasteiger partial charge is 0.344 e. The second-order valence-corrected chi connectivity index (χ2v) is 11.1. The van der Waals surface area contributed by atoms with Crippen molar-refractivity contribution >= 4 is 27.2 Å². The molecule has 0 atom stereocenters. The van der Waals surface area contributed by atoms with Crippen LogP contribution >= 0.6 is 0 Å². The summed E-state index contributed by atoms with van der Waals surface area (Å²) in [6.07, 6.45) is 3.66. The largest absolute Gasteiger partial charge is 0.368 e. The molecule has 0 spiro atoms. The van der Waals surface area contributed by atoms with Gasteiger partial charge in [-0.05, 0) is 55.0 Å². The van der Waals surface area contributed by atoms with Gasteiger partial charge < -0.3 is 9.74 Å². The van der Waals surface area contributed by atoms with Crippen molar-refractivity contribution in [1.29, 1.82) is 0 Å². The van der Waals surface area contributed by atoms with Gasteiger partial charge in [0.05, 0.1) is 15.4 Å². The summed E-state index contributed by atoms with van der Waals surface area (Å²) < 4.78 is 26.6. The second-order valence-electron chi connectivity index (χ2n) is 9.18. The summed E-state index contributed by atoms with van der Waals surface area (Å²) in [6.45, 7) is 6.84. The minimum absolute atomic E-state index is 0.258. The highest BCUT2D eigenvalue weighted by atomic mass is 32.2. The highest BCUT2D eigenvalue weighted by Gasteiger charge is 2.40. The number of sulfone groups is 1. The van der Waals surface area contributed by atoms with Gasteiger partial charge in [0.25, 0.3) is 0 Å². The zero-order chi connectivity index (χ0) is 25.5. The molecule has 0 saturated heterocycles. The lowest BCUT2D eigenvalue weighted by Gasteiger charge is -2.25. The van der Waals surface area contributed by atoms with Crippen molar-refractivity contribution in [2.24, 2.45) is 5.16 Å². The van der Waals surface area contributed by atoms with Gasteiger partial charge in [-0.3, -0.25) is 0 Å². The van der Waals surface area contributed by atoms with Gasteiger partial charge in [-0.2, -0.15) is 0 Å². The lowest BCUT2D eigenvalue weighted by Crippen LogP contribution is -2.25. The molecule has 2 aliphatic rings. The van der Waals surface area contributed by atoms with E-state index < -0.39 is 21.2 Å². The molecule has 182 valence electrons. The van der Waals surface area contributed by atoms with Gasteiger partial charge >= 0.3 is 5.97 Å². The predicted molar refractivity (Wildman–Crippen MR) is 140 cm³/mol. The summed E-state index contributed by atoms with van der Waals surface area (Å²) in [4.78, 5) is 20.1. The minimum Gasteiger partial charge on any atom is -0.344 e. The zero-order valence-corrected chi connectivity index (χ0v) is 21.1. The van der Waals surface area contributed by atoms with Gasteiger partial charge in [-0.1, -0.05) is 67.5 Å². The number of anilines is 1. The number of hydrogen-bond acceptors (Lipinski definition) is 6. The average Bonchev–Trinajstić information content (AvgIpc) is 3.36. The van der Waals surface area contributed by atoms with Crippen molar-refractivity contribution < 1.29 is 18.0 Å². The van der Waals surface area contributed by atoms with Crippen LogP contribution in [0.15, 0.2) is 117 Å². The number of rotatable bonds is 5. The van der Waals surface area contributed by atoms with E-state index in [9.17, 15) is 13.2 Å². The molecule has 0 aromatic heterocycles. The molecule has 3 aromatic carbocycles. The Morgan fingerprint density at radius 3 is 2.25 bits per heavy atom. The molecule has 2 aliphatic heterocycles. The van der Waals surface area contributed by atoms with Crippen LogP contribution in [0.3, 0.4) is 0 Å². The van der Waals surface area contributed by atoms with E-state index in [0.717, 1.165) is 22.5 Å². The van der Waals surface area contributed by atoms with Gasteiger partial charge in [0.1, 0.15) is 5.71 Å². The highest BCUT2D eigenvalue weighted by molar-refractivity contribution is 7.91. The van der Waals surface area contributed by atoms with E-state index in [0.29, 0.717) is 17.8 Å². The molecule has 0 saturated carbocycles. The maximum absolute atomic E-state index is 13.3. The number of oxime groups is 1. The summed E-state index contributed by atoms with van der Waals surface area (Å²) in [7, 11) is -3.65. The fourth-order valence-electron chi connectivity index (χ4n) is 4.79. The molecule has 2 heterocycles. The maximum atomic E-state index is 13.3. The van der Waals surface area contributed by atoms with Crippen molar-refractivity contribution in [3.8, 4) is 0 Å². The Bertz CT molecular complexity index is 1540. The quantitative estimate of drug-likeness (QED) is 0.347. The normalized spacial score (nSPS) is 18.9. The van der Waals surface area contributed by atoms with Crippen LogP contribution in [0, 0.1) is 0 Å². The van der Waals surface area contributed by atoms with Crippen molar-refractivity contribution in [1.82, 2.24) is 0 Å². The summed E-state index contributed by atoms with van der Waals surface area (Å²) in [5.74, 6) is -0.502. The first-order valence-corrected chi connectivity index (χ1v) is 13.2. The van der Waals surface area contributed by atoms with E-state index in [2.05, 4.69) is 23.9 Å². The molecule has 7 heteroatoms. The van der Waals surface area contributed by atoms with Crippen molar-refractivity contribution in [2.75, 3.05) is 11.4 Å². The first-order chi connectivity index (χ1) is 17.2. The highest BCUT2D eigenvalue weighted by Crippen LogP contribution is 2.48. The van der Waals surface area contributed by atoms with Crippen LogP contribution < -0.4 is 4.90 Å². The van der Waals surface area contributed by atoms with Crippen LogP contribution in [-0.2, 0) is 24.9 Å². The topological polar surface area (TPSA) is 76.0 Å². The Labute approximate surface area is 211 Å². The number of carbonyl (C=O) groups is 1. The van der Waals surface area contributed by atoms with Crippen LogP contribution in [-0.4, -0.2) is 26.6 Å². The lowest BCUT2D eigenvalue weighted by molar-refractivity contribution is -0.136. The Morgan fingerprint density at radius 1 is 0.917 bits per heavy atom. The Morgan fingerprint density at radius 2 is 1.58 bits per heavy atom. The maximum Gasteiger partial charge on any atom is 0.368 e. The molecular formula is C29H26N2O4S. The van der Waals surface area contributed by atoms with Crippen LogP contribution in [0.25, 0.3) is 0 Å². The fourth-order valence-corrected chi connectivity index (χ4v) is 6.10. The van der Waals surface area contributed by atoms with Crippen molar-refractivity contribution in [3.05, 3.63) is 113 Å². The Hall–Kier alpha value is -3.97. The molecule has 3 aromatic rings. The van der Waals surface area contributed by atoms with Crippen molar-refractivity contribution in [3.63, 3.8) is 0 Å². The first kappa shape index (κ1) is 23.8. The second kappa shape index (κ2) is 8.91. The molecule has 0 radical (unpaired) electrons. The SMILES string of the molecule is CCN1C(=CC=C2C(=O)ON=C2c2ccccc2)C(C)(C)c2cc(S(=O)(=O)c3ccccc3)ccc21. The number of hydrogen-bond donors (Lipinski definition) is 0. The van der Waals surface area contributed by atoms with Crippen LogP contribution in [0.4, 0.5) is 5.69 Å². The van der Waals surface area contributed by atoms with E-state index in [4.69, 9.17) is 4.84 Å². The van der Waals surface area contributed by atoms with E-state index in [1.54, 1.807) is 48.5 Å². The molecule has 0 unspecified atom stereocenters. The molecule has 0 bridgehead atoms. The predicted octanol–water partition coefficient (Wildman–Crippen LogP) is 5.41. The van der Waals surface area contributed by atoms with Gasteiger partial charge in [0.2, 0.25) is 9.84 Å². The number of nitrogens with zero attached hydrogens (tertiary/aromatic N) is 2. The molecule has 0 amide bonds. The fraction of sp³-hybridized carbons (Fsp3) is 0.172. The Kier molecular flexibility index (Phi) is 5.88. The molecule has 0 aliphatic carbocycles. The van der Waals surface area contributed by atoms with Crippen LogP contribution in [0.5, 0.6) is 0 Å². The van der Waals surface area contributed by atoms with Crippen molar-refractivity contribution in [2.45, 2.75) is 36.0 Å². The van der Waals surface area contributed by atoms with E-state index in [1.807, 2.05) is 49.4 Å². The molecule has 6 nitrogen and oxygen atoms in total. The summed E-state index contributed by atoms with van der Waals surface area (Å²) in [5.41, 5.74) is 3.98. The first-order valence-electron chi connectivity index (χ1n) is 11.7. The lowest BCUT2D eigenvalue weighted by atomic mass is 9.83. The molecule has 0 N–H and O–H groups in total. The third kappa shape index (κ3) is 3.85. The van der Waals surface area contributed by atoms with E-state index >= 15 is 0 Å². The average molecular weight is 499 g/mol. The van der Waals surface area contributed by atoms with Crippen LogP contribution in [0.1, 0.15) is 31.9 Å². The van der Waals surface area contributed by atoms with Gasteiger partial charge in [0, 0.05) is 28.9 Å². The van der Waals surface area contributed by atoms with Crippen LogP contribution in [0.2, 0.25) is 0 Å². The molecular weight excluding hydrogens is 472 g/mol. The zero-order valence-electron chi connectivity index (χ0n) is 20.3. The minimum atomic E-state index is -3.65. The molecule has 36 heavy (non-hydrogen) atoms. The van der Waals surface area contributed by atoms with E-state index in [1.165, 1.54) is 0 Å². The number of benzene rings is 3. The number of likely N-dealkylation sites (N-methyl/N-ethyl adjacent to an activating group) is 1. The van der Waals surface area contributed by atoms with Gasteiger partial charge in [0.15, 0.2) is 0 Å². The number of allylic oxidation sites excluding steroid dienone is 3. The van der Waals surface area contributed by atoms with Gasteiger partial charge in [-0.25, -0.2) is 13.2 Å². The number of fused-ring (bicyclic) bond motifs is 1. The third-order valence-corrected chi connectivity index (χ3v) is 8.46. The van der Waals surface area contributed by atoms with E-state index in [-0.39, 0.29) is 9.79 Å².